The molecule has 0 radical (unpaired) electrons. The lowest BCUT2D eigenvalue weighted by Crippen LogP contribution is -2.07. The van der Waals surface area contributed by atoms with Gasteiger partial charge in [0.05, 0.1) is 0 Å². The number of hydrogen-bond acceptors (Lipinski definition) is 2. The second-order valence-corrected chi connectivity index (χ2v) is 4.83. The largest absolute Gasteiger partial charge is 0.265 e. The molecule has 2 rings (SSSR count). The van der Waals surface area contributed by atoms with Crippen LogP contribution in [0.15, 0.2) is 24.5 Å². The quantitative estimate of drug-likeness (QED) is 0.729. The van der Waals surface area contributed by atoms with E-state index < -0.39 is 0 Å². The fourth-order valence-electron chi connectivity index (χ4n) is 1.79. The zero-order chi connectivity index (χ0) is 9.15. The molecular weight excluding hydrogens is 178 g/mol. The SMILES string of the molecule is CSCC1(Cc2ccncc2)CC1. The Morgan fingerprint density at radius 1 is 1.38 bits per heavy atom. The van der Waals surface area contributed by atoms with E-state index in [0.29, 0.717) is 5.41 Å². The van der Waals surface area contributed by atoms with Gasteiger partial charge in [0.2, 0.25) is 0 Å². The Bertz CT molecular complexity index is 267. The van der Waals surface area contributed by atoms with Crippen LogP contribution in [0.4, 0.5) is 0 Å². The normalized spacial score (nSPS) is 18.5. The Balaban J connectivity index is 1.98. The Kier molecular flexibility index (Phi) is 2.58. The fourth-order valence-corrected chi connectivity index (χ4v) is 2.79. The minimum atomic E-state index is 0.640. The summed E-state index contributed by atoms with van der Waals surface area (Å²) in [7, 11) is 0. The molecule has 0 bridgehead atoms. The lowest BCUT2D eigenvalue weighted by molar-refractivity contribution is 0.582. The summed E-state index contributed by atoms with van der Waals surface area (Å²) in [6.07, 6.45) is 10.1. The molecule has 1 nitrogen and oxygen atoms in total. The highest BCUT2D eigenvalue weighted by Gasteiger charge is 2.41. The van der Waals surface area contributed by atoms with Crippen molar-refractivity contribution in [1.29, 1.82) is 0 Å². The highest BCUT2D eigenvalue weighted by Crippen LogP contribution is 2.50. The van der Waals surface area contributed by atoms with E-state index in [1.54, 1.807) is 0 Å². The van der Waals surface area contributed by atoms with Gasteiger partial charge in [0.1, 0.15) is 0 Å². The van der Waals surface area contributed by atoms with E-state index in [2.05, 4.69) is 23.4 Å². The van der Waals surface area contributed by atoms with Gasteiger partial charge < -0.3 is 0 Å². The van der Waals surface area contributed by atoms with Crippen LogP contribution in [0.1, 0.15) is 18.4 Å². The van der Waals surface area contributed by atoms with Gasteiger partial charge in [-0.3, -0.25) is 4.98 Å². The summed E-state index contributed by atoms with van der Waals surface area (Å²) in [6, 6.07) is 4.28. The second-order valence-electron chi connectivity index (χ2n) is 3.97. The molecule has 1 heterocycles. The number of nitrogens with zero attached hydrogens (tertiary/aromatic N) is 1. The van der Waals surface area contributed by atoms with Gasteiger partial charge in [-0.05, 0) is 54.4 Å². The summed E-state index contributed by atoms with van der Waals surface area (Å²) in [5, 5.41) is 0. The van der Waals surface area contributed by atoms with Crippen molar-refractivity contribution in [1.82, 2.24) is 4.98 Å². The maximum atomic E-state index is 4.04. The molecule has 2 heteroatoms. The van der Waals surface area contributed by atoms with Crippen molar-refractivity contribution < 1.29 is 0 Å². The third-order valence-corrected chi connectivity index (χ3v) is 3.64. The minimum Gasteiger partial charge on any atom is -0.265 e. The molecule has 1 saturated carbocycles. The monoisotopic (exact) mass is 193 g/mol. The van der Waals surface area contributed by atoms with Gasteiger partial charge in [0, 0.05) is 12.4 Å². The van der Waals surface area contributed by atoms with Crippen LogP contribution in [0.3, 0.4) is 0 Å². The van der Waals surface area contributed by atoms with Crippen molar-refractivity contribution >= 4 is 11.8 Å². The van der Waals surface area contributed by atoms with Crippen LogP contribution >= 0.6 is 11.8 Å². The number of hydrogen-bond donors (Lipinski definition) is 0. The number of pyridine rings is 1. The Labute approximate surface area is 84.0 Å². The molecule has 13 heavy (non-hydrogen) atoms. The first kappa shape index (κ1) is 9.07. The van der Waals surface area contributed by atoms with E-state index in [0.717, 1.165) is 0 Å². The number of rotatable bonds is 4. The van der Waals surface area contributed by atoms with E-state index in [1.807, 2.05) is 24.2 Å². The average molecular weight is 193 g/mol. The van der Waals surface area contributed by atoms with Crippen LogP contribution in [0, 0.1) is 5.41 Å². The van der Waals surface area contributed by atoms with Crippen LogP contribution in [-0.2, 0) is 6.42 Å². The van der Waals surface area contributed by atoms with E-state index in [1.165, 1.54) is 30.6 Å². The van der Waals surface area contributed by atoms with Crippen molar-refractivity contribution in [2.45, 2.75) is 19.3 Å². The third kappa shape index (κ3) is 2.25. The molecule has 1 fully saturated rings. The number of thioether (sulfide) groups is 1. The van der Waals surface area contributed by atoms with Crippen LogP contribution in [0.5, 0.6) is 0 Å². The first-order valence-corrected chi connectivity index (χ1v) is 6.12. The molecule has 1 aliphatic rings. The fraction of sp³-hybridized carbons (Fsp3) is 0.545. The highest BCUT2D eigenvalue weighted by atomic mass is 32.2. The average Bonchev–Trinajstić information content (AvgIpc) is 2.87. The predicted octanol–water partition coefficient (Wildman–Crippen LogP) is 2.77. The van der Waals surface area contributed by atoms with E-state index in [9.17, 15) is 0 Å². The Hall–Kier alpha value is -0.500. The van der Waals surface area contributed by atoms with Gasteiger partial charge in [-0.1, -0.05) is 0 Å². The van der Waals surface area contributed by atoms with Gasteiger partial charge in [0.25, 0.3) is 0 Å². The minimum absolute atomic E-state index is 0.640. The van der Waals surface area contributed by atoms with E-state index in [-0.39, 0.29) is 0 Å². The zero-order valence-electron chi connectivity index (χ0n) is 7.99. The maximum absolute atomic E-state index is 4.04. The summed E-state index contributed by atoms with van der Waals surface area (Å²) in [5.41, 5.74) is 2.09. The molecule has 0 atom stereocenters. The van der Waals surface area contributed by atoms with E-state index >= 15 is 0 Å². The van der Waals surface area contributed by atoms with Crippen molar-refractivity contribution in [2.75, 3.05) is 12.0 Å². The summed E-state index contributed by atoms with van der Waals surface area (Å²) in [5.74, 6) is 1.31. The summed E-state index contributed by atoms with van der Waals surface area (Å²) in [6.45, 7) is 0. The lowest BCUT2D eigenvalue weighted by atomic mass is 9.99. The van der Waals surface area contributed by atoms with Crippen LogP contribution < -0.4 is 0 Å². The van der Waals surface area contributed by atoms with Crippen molar-refractivity contribution in [3.05, 3.63) is 30.1 Å². The molecule has 0 N–H and O–H groups in total. The van der Waals surface area contributed by atoms with Crippen molar-refractivity contribution in [3.63, 3.8) is 0 Å². The molecular formula is C11H15NS. The topological polar surface area (TPSA) is 12.9 Å². The third-order valence-electron chi connectivity index (χ3n) is 2.74. The van der Waals surface area contributed by atoms with Crippen LogP contribution in [0.25, 0.3) is 0 Å². The first-order valence-electron chi connectivity index (χ1n) is 4.73. The highest BCUT2D eigenvalue weighted by molar-refractivity contribution is 7.98. The lowest BCUT2D eigenvalue weighted by Gasteiger charge is -2.12. The smallest absolute Gasteiger partial charge is 0.0270 e. The Morgan fingerprint density at radius 3 is 2.62 bits per heavy atom. The molecule has 0 aliphatic heterocycles. The molecule has 1 aliphatic carbocycles. The van der Waals surface area contributed by atoms with E-state index in [4.69, 9.17) is 0 Å². The zero-order valence-corrected chi connectivity index (χ0v) is 8.81. The van der Waals surface area contributed by atoms with Gasteiger partial charge in [-0.2, -0.15) is 11.8 Å². The molecule has 0 spiro atoms. The summed E-state index contributed by atoms with van der Waals surface area (Å²) >= 11 is 1.97. The summed E-state index contributed by atoms with van der Waals surface area (Å²) in [4.78, 5) is 4.04. The molecule has 0 saturated heterocycles. The van der Waals surface area contributed by atoms with Gasteiger partial charge >= 0.3 is 0 Å². The Morgan fingerprint density at radius 2 is 2.08 bits per heavy atom. The molecule has 0 amide bonds. The van der Waals surface area contributed by atoms with Crippen molar-refractivity contribution in [3.8, 4) is 0 Å². The molecule has 1 aromatic heterocycles. The summed E-state index contributed by atoms with van der Waals surface area (Å²) < 4.78 is 0. The molecule has 0 unspecified atom stereocenters. The maximum Gasteiger partial charge on any atom is 0.0270 e. The van der Waals surface area contributed by atoms with Gasteiger partial charge in [-0.15, -0.1) is 0 Å². The van der Waals surface area contributed by atoms with Crippen molar-refractivity contribution in [2.24, 2.45) is 5.41 Å². The van der Waals surface area contributed by atoms with Gasteiger partial charge in [-0.25, -0.2) is 0 Å². The standard InChI is InChI=1S/C11H15NS/c1-13-9-11(4-5-11)8-10-2-6-12-7-3-10/h2-3,6-7H,4-5,8-9H2,1H3. The van der Waals surface area contributed by atoms with Crippen LogP contribution in [0.2, 0.25) is 0 Å². The van der Waals surface area contributed by atoms with Crippen LogP contribution in [-0.4, -0.2) is 17.0 Å². The molecule has 0 aromatic carbocycles. The first-order chi connectivity index (χ1) is 6.35. The predicted molar refractivity (Wildman–Crippen MR) is 58.0 cm³/mol. The second kappa shape index (κ2) is 3.70. The molecule has 1 aromatic rings. The molecule has 70 valence electrons. The number of aromatic nitrogens is 1. The van der Waals surface area contributed by atoms with Gasteiger partial charge in [0.15, 0.2) is 0 Å².